The van der Waals surface area contributed by atoms with Gasteiger partial charge in [-0.25, -0.2) is 4.98 Å². The molecule has 0 atom stereocenters. The average molecular weight is 370 g/mol. The molecular weight excluding hydrogens is 359 g/mol. The molecule has 0 fully saturated rings. The van der Waals surface area contributed by atoms with E-state index < -0.39 is 0 Å². The number of imidazole rings is 1. The highest BCUT2D eigenvalue weighted by Gasteiger charge is 2.12. The first-order valence-corrected chi connectivity index (χ1v) is 7.88. The van der Waals surface area contributed by atoms with Gasteiger partial charge in [0.25, 0.3) is 0 Å². The Morgan fingerprint density at radius 2 is 2.00 bits per heavy atom. The van der Waals surface area contributed by atoms with E-state index in [2.05, 4.69) is 31.5 Å². The number of nitrogens with zero attached hydrogens (tertiary/aromatic N) is 2. The van der Waals surface area contributed by atoms with Crippen molar-refractivity contribution in [2.75, 3.05) is 5.88 Å². The van der Waals surface area contributed by atoms with Crippen molar-refractivity contribution in [1.29, 1.82) is 0 Å². The van der Waals surface area contributed by atoms with Gasteiger partial charge >= 0.3 is 0 Å². The summed E-state index contributed by atoms with van der Waals surface area (Å²) in [5, 5.41) is 0.700. The average Bonchev–Trinajstić information content (AvgIpc) is 2.76. The second-order valence-corrected chi connectivity index (χ2v) is 6.15. The molecule has 0 N–H and O–H groups in total. The highest BCUT2D eigenvalue weighted by atomic mass is 79.9. The van der Waals surface area contributed by atoms with E-state index in [-0.39, 0.29) is 0 Å². The molecule has 0 aliphatic carbocycles. The predicted octanol–water partition coefficient (Wildman–Crippen LogP) is 5.22. The largest absolute Gasteiger partial charge is 0.296 e. The Morgan fingerprint density at radius 1 is 1.15 bits per heavy atom. The van der Waals surface area contributed by atoms with Crippen LogP contribution in [0.3, 0.4) is 0 Å². The number of benzene rings is 2. The fourth-order valence-corrected chi connectivity index (χ4v) is 2.98. The van der Waals surface area contributed by atoms with Gasteiger partial charge in [-0.05, 0) is 36.4 Å². The van der Waals surface area contributed by atoms with Crippen LogP contribution in [-0.2, 0) is 6.42 Å². The van der Waals surface area contributed by atoms with Crippen molar-refractivity contribution in [2.45, 2.75) is 6.42 Å². The quantitative estimate of drug-likeness (QED) is 0.578. The second-order valence-electron chi connectivity index (χ2n) is 4.42. The monoisotopic (exact) mass is 368 g/mol. The standard InChI is InChI=1S/C15H11BrCl2N2/c16-10-2-1-3-12(8-10)20-14-9-11(18)4-5-13(14)19-15(20)6-7-17/h1-5,8-9H,6-7H2. The van der Waals surface area contributed by atoms with Crippen LogP contribution in [-0.4, -0.2) is 15.4 Å². The number of halogens is 3. The lowest BCUT2D eigenvalue weighted by Gasteiger charge is -2.09. The third-order valence-corrected chi connectivity index (χ3v) is 3.99. The van der Waals surface area contributed by atoms with Gasteiger partial charge in [0.05, 0.1) is 11.0 Å². The van der Waals surface area contributed by atoms with Crippen molar-refractivity contribution in [3.8, 4) is 5.69 Å². The zero-order chi connectivity index (χ0) is 14.1. The molecule has 0 saturated heterocycles. The molecule has 0 aliphatic rings. The van der Waals surface area contributed by atoms with Crippen LogP contribution in [0.2, 0.25) is 5.02 Å². The first-order chi connectivity index (χ1) is 9.69. The molecule has 2 aromatic carbocycles. The van der Waals surface area contributed by atoms with E-state index in [0.717, 1.165) is 27.0 Å². The number of fused-ring (bicyclic) bond motifs is 1. The van der Waals surface area contributed by atoms with E-state index in [1.54, 1.807) is 0 Å². The highest BCUT2D eigenvalue weighted by Crippen LogP contribution is 2.26. The van der Waals surface area contributed by atoms with E-state index in [0.29, 0.717) is 17.3 Å². The van der Waals surface area contributed by atoms with Gasteiger partial charge < -0.3 is 0 Å². The summed E-state index contributed by atoms with van der Waals surface area (Å²) in [4.78, 5) is 4.65. The third-order valence-electron chi connectivity index (χ3n) is 3.07. The molecule has 0 radical (unpaired) electrons. The van der Waals surface area contributed by atoms with Crippen molar-refractivity contribution >= 4 is 50.2 Å². The Kier molecular flexibility index (Phi) is 4.01. The Hall–Kier alpha value is -1.03. The van der Waals surface area contributed by atoms with E-state index >= 15 is 0 Å². The molecule has 5 heteroatoms. The molecule has 0 aliphatic heterocycles. The summed E-state index contributed by atoms with van der Waals surface area (Å²) in [7, 11) is 0. The maximum absolute atomic E-state index is 6.12. The third kappa shape index (κ3) is 2.58. The first-order valence-electron chi connectivity index (χ1n) is 6.18. The van der Waals surface area contributed by atoms with Gasteiger partial charge in [-0.1, -0.05) is 33.6 Å². The lowest BCUT2D eigenvalue weighted by Crippen LogP contribution is -2.02. The molecule has 102 valence electrons. The molecule has 2 nitrogen and oxygen atoms in total. The van der Waals surface area contributed by atoms with Crippen LogP contribution in [0.15, 0.2) is 46.9 Å². The molecule has 0 saturated carbocycles. The summed E-state index contributed by atoms with van der Waals surface area (Å²) in [5.74, 6) is 1.47. The molecule has 0 unspecified atom stereocenters. The van der Waals surface area contributed by atoms with Crippen LogP contribution < -0.4 is 0 Å². The van der Waals surface area contributed by atoms with Gasteiger partial charge in [0.2, 0.25) is 0 Å². The molecule has 1 heterocycles. The Bertz CT molecular complexity index is 768. The molecule has 0 amide bonds. The minimum absolute atomic E-state index is 0.533. The minimum atomic E-state index is 0.533. The number of alkyl halides is 1. The van der Waals surface area contributed by atoms with Gasteiger partial charge in [0.1, 0.15) is 5.82 Å². The molecule has 3 aromatic rings. The lowest BCUT2D eigenvalue weighted by atomic mass is 10.2. The van der Waals surface area contributed by atoms with Gasteiger partial charge in [0.15, 0.2) is 0 Å². The maximum atomic E-state index is 6.12. The van der Waals surface area contributed by atoms with Crippen LogP contribution in [0.5, 0.6) is 0 Å². The number of hydrogen-bond acceptors (Lipinski definition) is 1. The van der Waals surface area contributed by atoms with Crippen molar-refractivity contribution in [3.05, 3.63) is 57.8 Å². The topological polar surface area (TPSA) is 17.8 Å². The van der Waals surface area contributed by atoms with Gasteiger partial charge in [-0.15, -0.1) is 11.6 Å². The van der Waals surface area contributed by atoms with Crippen LogP contribution in [0.1, 0.15) is 5.82 Å². The summed E-state index contributed by atoms with van der Waals surface area (Å²) < 4.78 is 3.13. The molecule has 20 heavy (non-hydrogen) atoms. The normalized spacial score (nSPS) is 11.2. The number of hydrogen-bond donors (Lipinski definition) is 0. The molecule has 3 rings (SSSR count). The van der Waals surface area contributed by atoms with Crippen molar-refractivity contribution in [3.63, 3.8) is 0 Å². The number of aryl methyl sites for hydroxylation is 1. The SMILES string of the molecule is ClCCc1nc2ccc(Cl)cc2n1-c1cccc(Br)c1. The Balaban J connectivity index is 2.30. The summed E-state index contributed by atoms with van der Waals surface area (Å²) in [5.41, 5.74) is 2.97. The van der Waals surface area contributed by atoms with E-state index in [9.17, 15) is 0 Å². The van der Waals surface area contributed by atoms with Gasteiger partial charge in [-0.3, -0.25) is 4.57 Å². The predicted molar refractivity (Wildman–Crippen MR) is 88.2 cm³/mol. The number of aromatic nitrogens is 2. The smallest absolute Gasteiger partial charge is 0.115 e. The fourth-order valence-electron chi connectivity index (χ4n) is 2.25. The van der Waals surface area contributed by atoms with E-state index in [4.69, 9.17) is 23.2 Å². The summed E-state index contributed by atoms with van der Waals surface area (Å²) in [6, 6.07) is 13.8. The van der Waals surface area contributed by atoms with Gasteiger partial charge in [-0.2, -0.15) is 0 Å². The second kappa shape index (κ2) is 5.76. The van der Waals surface area contributed by atoms with Gasteiger partial charge in [0, 0.05) is 27.5 Å². The molecule has 0 bridgehead atoms. The van der Waals surface area contributed by atoms with E-state index in [1.165, 1.54) is 0 Å². The summed E-state index contributed by atoms with van der Waals surface area (Å²) in [6.07, 6.45) is 0.709. The van der Waals surface area contributed by atoms with Crippen LogP contribution >= 0.6 is 39.1 Å². The highest BCUT2D eigenvalue weighted by molar-refractivity contribution is 9.10. The fraction of sp³-hybridized carbons (Fsp3) is 0.133. The molecular formula is C15H11BrCl2N2. The van der Waals surface area contributed by atoms with Crippen LogP contribution in [0.25, 0.3) is 16.7 Å². The zero-order valence-corrected chi connectivity index (χ0v) is 13.6. The van der Waals surface area contributed by atoms with Crippen LogP contribution in [0.4, 0.5) is 0 Å². The lowest BCUT2D eigenvalue weighted by molar-refractivity contribution is 0.912. The summed E-state index contributed by atoms with van der Waals surface area (Å²) in [6.45, 7) is 0. The maximum Gasteiger partial charge on any atom is 0.115 e. The van der Waals surface area contributed by atoms with Crippen molar-refractivity contribution in [2.24, 2.45) is 0 Å². The minimum Gasteiger partial charge on any atom is -0.296 e. The Labute approximate surface area is 135 Å². The Morgan fingerprint density at radius 3 is 2.75 bits per heavy atom. The zero-order valence-electron chi connectivity index (χ0n) is 10.5. The first kappa shape index (κ1) is 13.9. The van der Waals surface area contributed by atoms with Crippen molar-refractivity contribution < 1.29 is 0 Å². The van der Waals surface area contributed by atoms with Crippen molar-refractivity contribution in [1.82, 2.24) is 9.55 Å². The number of rotatable bonds is 3. The van der Waals surface area contributed by atoms with Crippen LogP contribution in [0, 0.1) is 0 Å². The molecule has 0 spiro atoms. The molecule has 1 aromatic heterocycles. The summed E-state index contributed by atoms with van der Waals surface area (Å²) >= 11 is 15.5. The van der Waals surface area contributed by atoms with E-state index in [1.807, 2.05) is 36.4 Å².